The Morgan fingerprint density at radius 2 is 1.86 bits per heavy atom. The van der Waals surface area contributed by atoms with Crippen LogP contribution in [0, 0.1) is 0 Å². The Kier molecular flexibility index (Phi) is 4.85. The third-order valence-electron chi connectivity index (χ3n) is 3.43. The molecule has 0 bridgehead atoms. The van der Waals surface area contributed by atoms with E-state index in [1.54, 1.807) is 0 Å². The molecule has 2 aromatic rings. The van der Waals surface area contributed by atoms with E-state index in [0.29, 0.717) is 0 Å². The van der Waals surface area contributed by atoms with Gasteiger partial charge in [-0.05, 0) is 39.3 Å². The summed E-state index contributed by atoms with van der Waals surface area (Å²) in [5, 5.41) is 3.80. The van der Waals surface area contributed by atoms with Crippen LogP contribution in [0.15, 0.2) is 30.5 Å². The molecule has 0 fully saturated rings. The van der Waals surface area contributed by atoms with Gasteiger partial charge >= 0.3 is 6.03 Å². The molecule has 2 N–H and O–H groups in total. The van der Waals surface area contributed by atoms with Gasteiger partial charge in [0.1, 0.15) is 0 Å². The van der Waals surface area contributed by atoms with Crippen molar-refractivity contribution in [3.8, 4) is 0 Å². The molecule has 0 aliphatic rings. The lowest BCUT2D eigenvalue weighted by Gasteiger charge is -2.26. The summed E-state index contributed by atoms with van der Waals surface area (Å²) in [4.78, 5) is 29.2. The average molecular weight is 301 g/mol. The van der Waals surface area contributed by atoms with Gasteiger partial charge in [0, 0.05) is 29.2 Å². The highest BCUT2D eigenvalue weighted by Crippen LogP contribution is 2.19. The second-order valence-corrected chi connectivity index (χ2v) is 6.00. The highest BCUT2D eigenvalue weighted by molar-refractivity contribution is 5.97. The first kappa shape index (κ1) is 16.1. The van der Waals surface area contributed by atoms with Crippen molar-refractivity contribution in [2.45, 2.75) is 46.2 Å². The first-order valence-corrected chi connectivity index (χ1v) is 7.57. The summed E-state index contributed by atoms with van der Waals surface area (Å²) in [7, 11) is 0. The molecular weight excluding hydrogens is 278 g/mol. The van der Waals surface area contributed by atoms with Crippen molar-refractivity contribution in [3.05, 3.63) is 36.0 Å². The molecule has 0 spiro atoms. The van der Waals surface area contributed by atoms with Crippen LogP contribution in [-0.2, 0) is 11.2 Å². The molecule has 0 radical (unpaired) electrons. The molecule has 0 unspecified atom stereocenters. The number of hydrogen-bond donors (Lipinski definition) is 2. The Morgan fingerprint density at radius 1 is 1.18 bits per heavy atom. The van der Waals surface area contributed by atoms with Crippen LogP contribution in [0.1, 0.15) is 33.3 Å². The number of nitrogens with zero attached hydrogens (tertiary/aromatic N) is 1. The summed E-state index contributed by atoms with van der Waals surface area (Å²) in [6, 6.07) is 7.30. The molecule has 1 aromatic heterocycles. The van der Waals surface area contributed by atoms with E-state index in [4.69, 9.17) is 0 Å². The molecule has 118 valence electrons. The normalized spacial score (nSPS) is 11.2. The number of nitrogens with one attached hydrogen (secondary N) is 2. The van der Waals surface area contributed by atoms with Gasteiger partial charge in [-0.2, -0.15) is 0 Å². The minimum Gasteiger partial charge on any atom is -0.361 e. The minimum absolute atomic E-state index is 0.00496. The summed E-state index contributed by atoms with van der Waals surface area (Å²) in [5.41, 5.74) is 1.90. The second-order valence-electron chi connectivity index (χ2n) is 6.00. The summed E-state index contributed by atoms with van der Waals surface area (Å²) < 4.78 is 0. The van der Waals surface area contributed by atoms with Gasteiger partial charge in [-0.15, -0.1) is 0 Å². The molecule has 5 nitrogen and oxygen atoms in total. The van der Waals surface area contributed by atoms with Gasteiger partial charge in [-0.3, -0.25) is 9.69 Å². The molecule has 0 atom stereocenters. The number of carbonyl (C=O) groups excluding carboxylic acids is 2. The van der Waals surface area contributed by atoms with Crippen LogP contribution in [0.2, 0.25) is 0 Å². The molecule has 0 aliphatic heterocycles. The third-order valence-corrected chi connectivity index (χ3v) is 3.43. The van der Waals surface area contributed by atoms with E-state index in [1.165, 1.54) is 4.90 Å². The first-order chi connectivity index (χ1) is 10.4. The van der Waals surface area contributed by atoms with Gasteiger partial charge in [-0.1, -0.05) is 18.2 Å². The van der Waals surface area contributed by atoms with Crippen molar-refractivity contribution in [1.29, 1.82) is 0 Å². The maximum absolute atomic E-state index is 12.6. The highest BCUT2D eigenvalue weighted by atomic mass is 16.2. The van der Waals surface area contributed by atoms with Gasteiger partial charge in [0.25, 0.3) is 0 Å². The number of carbonyl (C=O) groups is 2. The van der Waals surface area contributed by atoms with Crippen LogP contribution in [0.3, 0.4) is 0 Å². The number of aromatic amines is 1. The Hall–Kier alpha value is -2.30. The van der Waals surface area contributed by atoms with E-state index >= 15 is 0 Å². The average Bonchev–Trinajstić information content (AvgIpc) is 2.81. The number of urea groups is 1. The van der Waals surface area contributed by atoms with Gasteiger partial charge in [-0.25, -0.2) is 4.79 Å². The van der Waals surface area contributed by atoms with Crippen molar-refractivity contribution < 1.29 is 9.59 Å². The standard InChI is InChI=1S/C17H23N3O2/c1-11(2)19-17(22)20(12(3)4)16(21)9-13-10-18-15-8-6-5-7-14(13)15/h5-8,10-12,18H,9H2,1-4H3,(H,19,22). The molecular formula is C17H23N3O2. The summed E-state index contributed by atoms with van der Waals surface area (Å²) in [5.74, 6) is -0.196. The largest absolute Gasteiger partial charge is 0.361 e. The molecule has 2 rings (SSSR count). The van der Waals surface area contributed by atoms with E-state index in [2.05, 4.69) is 10.3 Å². The van der Waals surface area contributed by atoms with Crippen molar-refractivity contribution in [3.63, 3.8) is 0 Å². The maximum Gasteiger partial charge on any atom is 0.324 e. The number of benzene rings is 1. The zero-order valence-corrected chi connectivity index (χ0v) is 13.5. The third kappa shape index (κ3) is 3.47. The van der Waals surface area contributed by atoms with Crippen molar-refractivity contribution >= 4 is 22.8 Å². The summed E-state index contributed by atoms with van der Waals surface area (Å²) in [6.07, 6.45) is 2.04. The lowest BCUT2D eigenvalue weighted by molar-refractivity contribution is -0.128. The number of aromatic nitrogens is 1. The topological polar surface area (TPSA) is 65.2 Å². The number of rotatable bonds is 4. The van der Waals surface area contributed by atoms with Gasteiger partial charge in [0.15, 0.2) is 0 Å². The predicted octanol–water partition coefficient (Wildman–Crippen LogP) is 3.07. The molecule has 1 aromatic carbocycles. The van der Waals surface area contributed by atoms with Crippen molar-refractivity contribution in [2.75, 3.05) is 0 Å². The molecule has 22 heavy (non-hydrogen) atoms. The van der Waals surface area contributed by atoms with E-state index < -0.39 is 0 Å². The number of imide groups is 1. The Bertz CT molecular complexity index is 673. The number of fused-ring (bicyclic) bond motifs is 1. The smallest absolute Gasteiger partial charge is 0.324 e. The zero-order chi connectivity index (χ0) is 16.3. The molecule has 0 saturated carbocycles. The number of hydrogen-bond acceptors (Lipinski definition) is 2. The Balaban J connectivity index is 2.19. The van der Waals surface area contributed by atoms with Crippen LogP contribution in [0.5, 0.6) is 0 Å². The van der Waals surface area contributed by atoms with E-state index in [1.807, 2.05) is 58.2 Å². The quantitative estimate of drug-likeness (QED) is 0.911. The van der Waals surface area contributed by atoms with Crippen molar-refractivity contribution in [1.82, 2.24) is 15.2 Å². The van der Waals surface area contributed by atoms with Crippen LogP contribution in [-0.4, -0.2) is 33.9 Å². The van der Waals surface area contributed by atoms with E-state index in [-0.39, 0.29) is 30.4 Å². The number of H-pyrrole nitrogens is 1. The summed E-state index contributed by atoms with van der Waals surface area (Å²) in [6.45, 7) is 7.43. The van der Waals surface area contributed by atoms with Gasteiger partial charge in [0.05, 0.1) is 6.42 Å². The molecule has 0 saturated heterocycles. The molecule has 3 amide bonds. The first-order valence-electron chi connectivity index (χ1n) is 7.57. The SMILES string of the molecule is CC(C)NC(=O)N(C(=O)Cc1c[nH]c2ccccc12)C(C)C. The number of amides is 3. The van der Waals surface area contributed by atoms with Crippen LogP contribution < -0.4 is 5.32 Å². The zero-order valence-electron chi connectivity index (χ0n) is 13.5. The molecule has 0 aliphatic carbocycles. The fourth-order valence-corrected chi connectivity index (χ4v) is 2.48. The Labute approximate surface area is 130 Å². The Morgan fingerprint density at radius 3 is 2.50 bits per heavy atom. The van der Waals surface area contributed by atoms with E-state index in [0.717, 1.165) is 16.5 Å². The fraction of sp³-hybridized carbons (Fsp3) is 0.412. The highest BCUT2D eigenvalue weighted by Gasteiger charge is 2.25. The minimum atomic E-state index is -0.338. The monoisotopic (exact) mass is 301 g/mol. The fourth-order valence-electron chi connectivity index (χ4n) is 2.48. The van der Waals surface area contributed by atoms with Crippen LogP contribution in [0.4, 0.5) is 4.79 Å². The van der Waals surface area contributed by atoms with Crippen LogP contribution >= 0.6 is 0 Å². The second kappa shape index (κ2) is 6.64. The number of para-hydroxylation sites is 1. The lowest BCUT2D eigenvalue weighted by atomic mass is 10.1. The van der Waals surface area contributed by atoms with Gasteiger partial charge in [0.2, 0.25) is 5.91 Å². The molecule has 5 heteroatoms. The summed E-state index contributed by atoms with van der Waals surface area (Å²) >= 11 is 0. The predicted molar refractivity (Wildman–Crippen MR) is 87.7 cm³/mol. The maximum atomic E-state index is 12.6. The molecule has 1 heterocycles. The van der Waals surface area contributed by atoms with Crippen molar-refractivity contribution in [2.24, 2.45) is 0 Å². The van der Waals surface area contributed by atoms with Gasteiger partial charge < -0.3 is 10.3 Å². The lowest BCUT2D eigenvalue weighted by Crippen LogP contribution is -2.49. The van der Waals surface area contributed by atoms with E-state index in [9.17, 15) is 9.59 Å². The van der Waals surface area contributed by atoms with Crippen LogP contribution in [0.25, 0.3) is 10.9 Å².